The molecular formula is C22H17FN2O2S. The molecule has 2 unspecified atom stereocenters. The van der Waals surface area contributed by atoms with Crippen LogP contribution in [0, 0.1) is 5.82 Å². The van der Waals surface area contributed by atoms with E-state index < -0.39 is 11.1 Å². The van der Waals surface area contributed by atoms with Crippen LogP contribution in [-0.4, -0.2) is 22.0 Å². The van der Waals surface area contributed by atoms with Gasteiger partial charge in [-0.15, -0.1) is 0 Å². The van der Waals surface area contributed by atoms with Crippen molar-refractivity contribution in [3.63, 3.8) is 0 Å². The average molecular weight is 392 g/mol. The van der Waals surface area contributed by atoms with Gasteiger partial charge in [-0.25, -0.2) is 8.60 Å². The van der Waals surface area contributed by atoms with Crippen molar-refractivity contribution in [1.29, 1.82) is 0 Å². The maximum atomic E-state index is 13.4. The molecule has 0 bridgehead atoms. The third-order valence-electron chi connectivity index (χ3n) is 4.52. The molecular weight excluding hydrogens is 375 g/mol. The van der Waals surface area contributed by atoms with Crippen LogP contribution in [0.2, 0.25) is 0 Å². The number of pyridine rings is 1. The number of hydrogen-bond donors (Lipinski definition) is 0. The van der Waals surface area contributed by atoms with E-state index in [4.69, 9.17) is 9.18 Å². The lowest BCUT2D eigenvalue weighted by Gasteiger charge is -2.07. The highest BCUT2D eigenvalue weighted by atomic mass is 32.2. The fourth-order valence-electron chi connectivity index (χ4n) is 3.13. The van der Waals surface area contributed by atoms with Gasteiger partial charge in [-0.05, 0) is 65.7 Å². The summed E-state index contributed by atoms with van der Waals surface area (Å²) in [6.45, 7) is 0. The Morgan fingerprint density at radius 2 is 1.61 bits per heavy atom. The molecule has 0 saturated heterocycles. The highest BCUT2D eigenvalue weighted by Gasteiger charge is 2.23. The molecule has 0 radical (unpaired) electrons. The van der Waals surface area contributed by atoms with Crippen LogP contribution in [0.4, 0.5) is 4.39 Å². The highest BCUT2D eigenvalue weighted by molar-refractivity contribution is 7.80. The fourth-order valence-corrected chi connectivity index (χ4v) is 3.68. The molecule has 140 valence electrons. The number of allylic oxidation sites excluding steroid dienone is 1. The van der Waals surface area contributed by atoms with Crippen molar-refractivity contribution in [3.8, 4) is 0 Å². The van der Waals surface area contributed by atoms with Gasteiger partial charge in [0.1, 0.15) is 5.82 Å². The van der Waals surface area contributed by atoms with Crippen molar-refractivity contribution in [2.24, 2.45) is 4.99 Å². The van der Waals surface area contributed by atoms with Crippen LogP contribution in [0.25, 0.3) is 5.57 Å². The van der Waals surface area contributed by atoms with Gasteiger partial charge in [-0.3, -0.25) is 14.2 Å². The maximum absolute atomic E-state index is 13.4. The van der Waals surface area contributed by atoms with Crippen LogP contribution in [0.1, 0.15) is 22.7 Å². The van der Waals surface area contributed by atoms with Gasteiger partial charge in [0, 0.05) is 23.5 Å². The number of halogens is 1. The number of nitrogens with zero attached hydrogens (tertiary/aromatic N) is 2. The molecule has 0 spiro atoms. The van der Waals surface area contributed by atoms with E-state index in [0.717, 1.165) is 28.0 Å². The van der Waals surface area contributed by atoms with E-state index in [0.29, 0.717) is 4.90 Å². The van der Waals surface area contributed by atoms with Crippen LogP contribution in [0.5, 0.6) is 0 Å². The molecule has 0 aliphatic carbocycles. The number of benzene rings is 2. The molecule has 2 heterocycles. The van der Waals surface area contributed by atoms with E-state index in [1.807, 2.05) is 24.3 Å². The molecule has 1 aromatic heterocycles. The minimum atomic E-state index is -1.47. The predicted octanol–water partition coefficient (Wildman–Crippen LogP) is 4.52. The summed E-state index contributed by atoms with van der Waals surface area (Å²) in [5, 5.41) is 0. The number of aliphatic imine (C=N–C) groups is 1. The second-order valence-corrected chi connectivity index (χ2v) is 7.49. The van der Waals surface area contributed by atoms with Crippen LogP contribution < -0.4 is 0 Å². The summed E-state index contributed by atoms with van der Waals surface area (Å²) in [5.74, 6) is -0.282. The zero-order valence-corrected chi connectivity index (χ0v) is 15.9. The van der Waals surface area contributed by atoms with Crippen molar-refractivity contribution in [2.45, 2.75) is 10.9 Å². The standard InChI is InChI=1S/C22H17FN2O2S/c1-27-28(26)19-8-4-16(5-9-19)21-14-20(15-10-12-24-13-11-15)22(25-21)17-2-6-18(23)7-3-17/h2-14,21H,1H3. The minimum absolute atomic E-state index is 0.187. The first kappa shape index (κ1) is 18.4. The molecule has 1 aliphatic heterocycles. The first-order valence-corrected chi connectivity index (χ1v) is 9.76. The van der Waals surface area contributed by atoms with E-state index in [1.165, 1.54) is 19.2 Å². The lowest BCUT2D eigenvalue weighted by Crippen LogP contribution is -2.01. The molecule has 2 aromatic carbocycles. The topological polar surface area (TPSA) is 51.5 Å². The first-order valence-electron chi connectivity index (χ1n) is 8.68. The van der Waals surface area contributed by atoms with Crippen molar-refractivity contribution in [2.75, 3.05) is 7.11 Å². The maximum Gasteiger partial charge on any atom is 0.188 e. The molecule has 3 aromatic rings. The summed E-state index contributed by atoms with van der Waals surface area (Å²) in [7, 11) is 1.41. The van der Waals surface area contributed by atoms with E-state index in [1.54, 1.807) is 36.7 Å². The molecule has 0 saturated carbocycles. The van der Waals surface area contributed by atoms with Crippen molar-refractivity contribution < 1.29 is 12.8 Å². The van der Waals surface area contributed by atoms with E-state index in [2.05, 4.69) is 11.1 Å². The molecule has 28 heavy (non-hydrogen) atoms. The van der Waals surface area contributed by atoms with Gasteiger partial charge in [-0.2, -0.15) is 0 Å². The summed E-state index contributed by atoms with van der Waals surface area (Å²) in [5.41, 5.74) is 4.60. The highest BCUT2D eigenvalue weighted by Crippen LogP contribution is 2.34. The zero-order chi connectivity index (χ0) is 19.5. The Labute approximate surface area is 165 Å². The Kier molecular flexibility index (Phi) is 5.23. The number of rotatable bonds is 5. The third-order valence-corrected chi connectivity index (χ3v) is 5.48. The molecule has 0 fully saturated rings. The predicted molar refractivity (Wildman–Crippen MR) is 108 cm³/mol. The second-order valence-electron chi connectivity index (χ2n) is 6.22. The normalized spacial score (nSPS) is 17.1. The molecule has 0 N–H and O–H groups in total. The second kappa shape index (κ2) is 7.96. The number of hydrogen-bond acceptors (Lipinski definition) is 4. The fraction of sp³-hybridized carbons (Fsp3) is 0.0909. The molecule has 1 aliphatic rings. The van der Waals surface area contributed by atoms with Crippen LogP contribution in [0.15, 0.2) is 89.0 Å². The van der Waals surface area contributed by atoms with E-state index in [9.17, 15) is 8.60 Å². The minimum Gasteiger partial charge on any atom is -0.290 e. The van der Waals surface area contributed by atoms with Crippen LogP contribution in [0.3, 0.4) is 0 Å². The molecule has 2 atom stereocenters. The van der Waals surface area contributed by atoms with E-state index >= 15 is 0 Å². The van der Waals surface area contributed by atoms with Crippen molar-refractivity contribution in [3.05, 3.63) is 102 Å². The Morgan fingerprint density at radius 3 is 2.25 bits per heavy atom. The molecule has 0 amide bonds. The monoisotopic (exact) mass is 392 g/mol. The van der Waals surface area contributed by atoms with Gasteiger partial charge in [0.25, 0.3) is 0 Å². The molecule has 6 heteroatoms. The van der Waals surface area contributed by atoms with Crippen molar-refractivity contribution >= 4 is 22.4 Å². The summed E-state index contributed by atoms with van der Waals surface area (Å²) < 4.78 is 30.0. The van der Waals surface area contributed by atoms with Crippen LogP contribution >= 0.6 is 0 Å². The zero-order valence-electron chi connectivity index (χ0n) is 15.1. The van der Waals surface area contributed by atoms with Gasteiger partial charge in [0.2, 0.25) is 0 Å². The molecule has 4 nitrogen and oxygen atoms in total. The smallest absolute Gasteiger partial charge is 0.188 e. The lowest BCUT2D eigenvalue weighted by atomic mass is 9.97. The summed E-state index contributed by atoms with van der Waals surface area (Å²) in [6, 6.07) is 17.4. The summed E-state index contributed by atoms with van der Waals surface area (Å²) >= 11 is -1.47. The quantitative estimate of drug-likeness (QED) is 0.642. The van der Waals surface area contributed by atoms with Gasteiger partial charge in [0.15, 0.2) is 11.1 Å². The van der Waals surface area contributed by atoms with E-state index in [-0.39, 0.29) is 11.9 Å². The van der Waals surface area contributed by atoms with Crippen LogP contribution in [-0.2, 0) is 15.3 Å². The first-order chi connectivity index (χ1) is 13.7. The van der Waals surface area contributed by atoms with Gasteiger partial charge in [-0.1, -0.05) is 12.1 Å². The Morgan fingerprint density at radius 1 is 0.929 bits per heavy atom. The molecule has 4 rings (SSSR count). The Bertz CT molecular complexity index is 1060. The largest absolute Gasteiger partial charge is 0.290 e. The van der Waals surface area contributed by atoms with Crippen molar-refractivity contribution in [1.82, 2.24) is 4.98 Å². The SMILES string of the molecule is COS(=O)c1ccc(C2C=C(c3ccncc3)C(c3ccc(F)cc3)=N2)cc1. The Balaban J connectivity index is 1.74. The third kappa shape index (κ3) is 3.69. The van der Waals surface area contributed by atoms with Gasteiger partial charge < -0.3 is 0 Å². The number of aromatic nitrogens is 1. The van der Waals surface area contributed by atoms with Gasteiger partial charge in [0.05, 0.1) is 23.8 Å². The average Bonchev–Trinajstić information content (AvgIpc) is 3.20. The summed E-state index contributed by atoms with van der Waals surface area (Å²) in [6.07, 6.45) is 5.55. The van der Waals surface area contributed by atoms with Gasteiger partial charge >= 0.3 is 0 Å². The lowest BCUT2D eigenvalue weighted by molar-refractivity contribution is 0.445. The summed E-state index contributed by atoms with van der Waals surface area (Å²) in [4.78, 5) is 9.57. The Hall–Kier alpha value is -2.96.